The number of aromatic nitrogens is 3. The molecule has 0 saturated carbocycles. The van der Waals surface area contributed by atoms with Crippen LogP contribution >= 0.6 is 11.8 Å². The molecule has 4 nitrogen and oxygen atoms in total. The molecule has 1 aromatic carbocycles. The third-order valence-corrected chi connectivity index (χ3v) is 5.03. The van der Waals surface area contributed by atoms with Crippen LogP contribution in [0.25, 0.3) is 11.0 Å². The van der Waals surface area contributed by atoms with Crippen molar-refractivity contribution in [2.75, 3.05) is 5.32 Å². The van der Waals surface area contributed by atoms with Crippen LogP contribution < -0.4 is 5.32 Å². The molecule has 0 radical (unpaired) electrons. The van der Waals surface area contributed by atoms with Gasteiger partial charge in [-0.2, -0.15) is 0 Å². The Kier molecular flexibility index (Phi) is 4.54. The largest absolute Gasteiger partial charge is 0.354 e. The number of aryl methyl sites for hydroxylation is 2. The maximum Gasteiger partial charge on any atom is 0.161 e. The third kappa shape index (κ3) is 3.53. The standard InChI is InChI=1S/C21H18N4S/c1-14-6-9-19(26-20-5-3-4-11-22-20)18(13-14)25-17-10-12-23-21-16(17)8-7-15(2)24-21/h3-13H,1-2H3,(H,23,24,25). The van der Waals surface area contributed by atoms with Crippen molar-refractivity contribution in [3.8, 4) is 0 Å². The van der Waals surface area contributed by atoms with E-state index >= 15 is 0 Å². The molecule has 0 aliphatic rings. The van der Waals surface area contributed by atoms with Gasteiger partial charge in [-0.25, -0.2) is 15.0 Å². The molecule has 4 rings (SSSR count). The minimum Gasteiger partial charge on any atom is -0.354 e. The van der Waals surface area contributed by atoms with Crippen LogP contribution in [0.5, 0.6) is 0 Å². The summed E-state index contributed by atoms with van der Waals surface area (Å²) in [4.78, 5) is 14.4. The lowest BCUT2D eigenvalue weighted by atomic mass is 10.2. The van der Waals surface area contributed by atoms with E-state index in [2.05, 4.69) is 51.5 Å². The molecule has 0 saturated heterocycles. The molecule has 0 aliphatic carbocycles. The predicted molar refractivity (Wildman–Crippen MR) is 107 cm³/mol. The summed E-state index contributed by atoms with van der Waals surface area (Å²) >= 11 is 1.65. The van der Waals surface area contributed by atoms with Crippen LogP contribution in [0.1, 0.15) is 11.3 Å². The van der Waals surface area contributed by atoms with E-state index in [4.69, 9.17) is 0 Å². The topological polar surface area (TPSA) is 50.7 Å². The molecule has 128 valence electrons. The molecule has 0 aliphatic heterocycles. The molecule has 1 N–H and O–H groups in total. The van der Waals surface area contributed by atoms with Crippen molar-refractivity contribution in [2.45, 2.75) is 23.8 Å². The lowest BCUT2D eigenvalue weighted by Crippen LogP contribution is -1.97. The summed E-state index contributed by atoms with van der Waals surface area (Å²) < 4.78 is 0. The van der Waals surface area contributed by atoms with Crippen molar-refractivity contribution in [1.29, 1.82) is 0 Å². The number of nitrogens with one attached hydrogen (secondary N) is 1. The molecule has 0 atom stereocenters. The Morgan fingerprint density at radius 3 is 2.62 bits per heavy atom. The maximum atomic E-state index is 4.52. The van der Waals surface area contributed by atoms with E-state index in [0.717, 1.165) is 38.0 Å². The number of benzene rings is 1. The van der Waals surface area contributed by atoms with Crippen molar-refractivity contribution < 1.29 is 0 Å². The van der Waals surface area contributed by atoms with Gasteiger partial charge >= 0.3 is 0 Å². The Morgan fingerprint density at radius 2 is 1.77 bits per heavy atom. The SMILES string of the molecule is Cc1ccc(Sc2ccccn2)c(Nc2ccnc3nc(C)ccc23)c1. The summed E-state index contributed by atoms with van der Waals surface area (Å²) in [5.74, 6) is 0. The van der Waals surface area contributed by atoms with Crippen LogP contribution in [0.4, 0.5) is 11.4 Å². The second kappa shape index (κ2) is 7.14. The monoisotopic (exact) mass is 358 g/mol. The number of anilines is 2. The molecular weight excluding hydrogens is 340 g/mol. The Labute approximate surface area is 156 Å². The molecule has 5 heteroatoms. The summed E-state index contributed by atoms with van der Waals surface area (Å²) in [5.41, 5.74) is 4.96. The Bertz CT molecular complexity index is 1060. The summed E-state index contributed by atoms with van der Waals surface area (Å²) in [5, 5.41) is 5.54. The number of pyridine rings is 3. The van der Waals surface area contributed by atoms with Gasteiger partial charge in [-0.05, 0) is 61.9 Å². The molecule has 26 heavy (non-hydrogen) atoms. The van der Waals surface area contributed by atoms with E-state index < -0.39 is 0 Å². The zero-order valence-corrected chi connectivity index (χ0v) is 15.4. The maximum absolute atomic E-state index is 4.52. The summed E-state index contributed by atoms with van der Waals surface area (Å²) in [6, 6.07) is 18.4. The summed E-state index contributed by atoms with van der Waals surface area (Å²) in [7, 11) is 0. The van der Waals surface area contributed by atoms with Crippen LogP contribution in [0.15, 0.2) is 76.9 Å². The van der Waals surface area contributed by atoms with E-state index in [9.17, 15) is 0 Å². The normalized spacial score (nSPS) is 10.8. The number of fused-ring (bicyclic) bond motifs is 1. The lowest BCUT2D eigenvalue weighted by molar-refractivity contribution is 1.13. The molecule has 0 unspecified atom stereocenters. The van der Waals surface area contributed by atoms with E-state index in [-0.39, 0.29) is 0 Å². The Balaban J connectivity index is 1.73. The zero-order chi connectivity index (χ0) is 17.9. The van der Waals surface area contributed by atoms with Gasteiger partial charge in [-0.1, -0.05) is 23.9 Å². The summed E-state index contributed by atoms with van der Waals surface area (Å²) in [6.07, 6.45) is 3.60. The fraction of sp³-hybridized carbons (Fsp3) is 0.0952. The molecule has 0 bridgehead atoms. The van der Waals surface area contributed by atoms with E-state index in [0.29, 0.717) is 0 Å². The highest BCUT2D eigenvalue weighted by atomic mass is 32.2. The summed E-state index contributed by atoms with van der Waals surface area (Å²) in [6.45, 7) is 4.07. The lowest BCUT2D eigenvalue weighted by Gasteiger charge is -2.14. The van der Waals surface area contributed by atoms with Crippen LogP contribution in [0.3, 0.4) is 0 Å². The fourth-order valence-electron chi connectivity index (χ4n) is 2.73. The number of hydrogen-bond acceptors (Lipinski definition) is 5. The molecule has 3 aromatic heterocycles. The molecule has 0 fully saturated rings. The van der Waals surface area contributed by atoms with Crippen molar-refractivity contribution in [3.05, 3.63) is 78.2 Å². The number of rotatable bonds is 4. The molecule has 4 aromatic rings. The smallest absolute Gasteiger partial charge is 0.161 e. The van der Waals surface area contributed by atoms with Crippen molar-refractivity contribution in [1.82, 2.24) is 15.0 Å². The predicted octanol–water partition coefficient (Wildman–Crippen LogP) is 5.54. The van der Waals surface area contributed by atoms with E-state index in [1.165, 1.54) is 5.56 Å². The van der Waals surface area contributed by atoms with Gasteiger partial charge in [0, 0.05) is 28.4 Å². The van der Waals surface area contributed by atoms with Gasteiger partial charge in [0.25, 0.3) is 0 Å². The van der Waals surface area contributed by atoms with Crippen LogP contribution in [0.2, 0.25) is 0 Å². The third-order valence-electron chi connectivity index (χ3n) is 4.00. The van der Waals surface area contributed by atoms with E-state index in [1.807, 2.05) is 43.5 Å². The Hall–Kier alpha value is -2.92. The molecular formula is C21H18N4S. The second-order valence-electron chi connectivity index (χ2n) is 6.08. The average Bonchev–Trinajstić information content (AvgIpc) is 2.65. The molecule has 3 heterocycles. The minimum absolute atomic E-state index is 0.751. The number of nitrogens with zero attached hydrogens (tertiary/aromatic N) is 3. The van der Waals surface area contributed by atoms with Gasteiger partial charge in [0.05, 0.1) is 11.4 Å². The first-order chi connectivity index (χ1) is 12.7. The first-order valence-corrected chi connectivity index (χ1v) is 9.19. The first-order valence-electron chi connectivity index (χ1n) is 8.38. The van der Waals surface area contributed by atoms with Gasteiger partial charge in [0.2, 0.25) is 0 Å². The van der Waals surface area contributed by atoms with Crippen molar-refractivity contribution in [2.24, 2.45) is 0 Å². The molecule has 0 spiro atoms. The van der Waals surface area contributed by atoms with Gasteiger partial charge in [-0.3, -0.25) is 0 Å². The minimum atomic E-state index is 0.751. The van der Waals surface area contributed by atoms with Gasteiger partial charge in [0.1, 0.15) is 5.03 Å². The quantitative estimate of drug-likeness (QED) is 0.519. The highest BCUT2D eigenvalue weighted by Crippen LogP contribution is 2.35. The van der Waals surface area contributed by atoms with Gasteiger partial charge in [-0.15, -0.1) is 0 Å². The fourth-order valence-corrected chi connectivity index (χ4v) is 3.57. The highest BCUT2D eigenvalue weighted by molar-refractivity contribution is 7.99. The first kappa shape index (κ1) is 16.5. The van der Waals surface area contributed by atoms with Crippen LogP contribution in [0, 0.1) is 13.8 Å². The Morgan fingerprint density at radius 1 is 0.846 bits per heavy atom. The van der Waals surface area contributed by atoms with Gasteiger partial charge < -0.3 is 5.32 Å². The van der Waals surface area contributed by atoms with Crippen LogP contribution in [-0.2, 0) is 0 Å². The number of hydrogen-bond donors (Lipinski definition) is 1. The van der Waals surface area contributed by atoms with E-state index in [1.54, 1.807) is 18.0 Å². The second-order valence-corrected chi connectivity index (χ2v) is 7.14. The molecule has 0 amide bonds. The highest BCUT2D eigenvalue weighted by Gasteiger charge is 2.09. The zero-order valence-electron chi connectivity index (χ0n) is 14.6. The van der Waals surface area contributed by atoms with Crippen LogP contribution in [-0.4, -0.2) is 15.0 Å². The van der Waals surface area contributed by atoms with Crippen molar-refractivity contribution in [3.63, 3.8) is 0 Å². The van der Waals surface area contributed by atoms with Gasteiger partial charge in [0.15, 0.2) is 5.65 Å². The van der Waals surface area contributed by atoms with Crippen molar-refractivity contribution >= 4 is 34.2 Å². The average molecular weight is 358 g/mol.